The third kappa shape index (κ3) is 5.22. The molecule has 0 saturated heterocycles. The summed E-state index contributed by atoms with van der Waals surface area (Å²) in [5.41, 5.74) is 2.11. The van der Waals surface area contributed by atoms with Gasteiger partial charge in [0.05, 0.1) is 11.5 Å². The van der Waals surface area contributed by atoms with E-state index in [0.717, 1.165) is 18.1 Å². The zero-order valence-electron chi connectivity index (χ0n) is 14.0. The molecule has 1 N–H and O–H groups in total. The lowest BCUT2D eigenvalue weighted by Gasteiger charge is -2.22. The number of hydrogen-bond donors (Lipinski definition) is 1. The van der Waals surface area contributed by atoms with Crippen LogP contribution in [0.4, 0.5) is 5.69 Å². The zero-order valence-corrected chi connectivity index (χ0v) is 16.3. The number of guanidine groups is 1. The van der Waals surface area contributed by atoms with Crippen LogP contribution in [0, 0.1) is 10.1 Å². The molecule has 7 nitrogen and oxygen atoms in total. The highest BCUT2D eigenvalue weighted by Crippen LogP contribution is 2.13. The highest BCUT2D eigenvalue weighted by Gasteiger charge is 2.10. The molecule has 0 aliphatic heterocycles. The number of benzene rings is 1. The van der Waals surface area contributed by atoms with E-state index in [4.69, 9.17) is 0 Å². The van der Waals surface area contributed by atoms with E-state index >= 15 is 0 Å². The average Bonchev–Trinajstić information content (AvgIpc) is 2.93. The summed E-state index contributed by atoms with van der Waals surface area (Å²) in [5.74, 6) is 0.734. The van der Waals surface area contributed by atoms with Crippen LogP contribution >= 0.6 is 24.0 Å². The van der Waals surface area contributed by atoms with Crippen LogP contribution in [-0.2, 0) is 20.1 Å². The lowest BCUT2D eigenvalue weighted by Crippen LogP contribution is -2.38. The van der Waals surface area contributed by atoms with Gasteiger partial charge in [0.2, 0.25) is 0 Å². The summed E-state index contributed by atoms with van der Waals surface area (Å²) < 4.78 is 2.06. The van der Waals surface area contributed by atoms with Gasteiger partial charge >= 0.3 is 0 Å². The van der Waals surface area contributed by atoms with Gasteiger partial charge in [0, 0.05) is 51.7 Å². The molecule has 1 aromatic carbocycles. The van der Waals surface area contributed by atoms with Crippen LogP contribution in [0.15, 0.2) is 47.6 Å². The molecule has 0 aliphatic rings. The number of halogens is 1. The van der Waals surface area contributed by atoms with E-state index in [0.29, 0.717) is 6.54 Å². The Bertz CT molecular complexity index is 714. The Morgan fingerprint density at radius 1 is 1.38 bits per heavy atom. The summed E-state index contributed by atoms with van der Waals surface area (Å²) in [6.45, 7) is 1.20. The summed E-state index contributed by atoms with van der Waals surface area (Å²) in [4.78, 5) is 16.7. The Hall–Kier alpha value is -2.10. The first-order valence-electron chi connectivity index (χ1n) is 7.26. The van der Waals surface area contributed by atoms with Crippen molar-refractivity contribution in [3.05, 3.63) is 64.0 Å². The monoisotopic (exact) mass is 443 g/mol. The summed E-state index contributed by atoms with van der Waals surface area (Å²) >= 11 is 0. The molecular formula is C16H22IN5O2. The smallest absolute Gasteiger partial charge is 0.269 e. The van der Waals surface area contributed by atoms with Crippen molar-refractivity contribution in [3.63, 3.8) is 0 Å². The maximum atomic E-state index is 10.8. The highest BCUT2D eigenvalue weighted by atomic mass is 127. The molecule has 0 radical (unpaired) electrons. The minimum absolute atomic E-state index is 0. The van der Waals surface area contributed by atoms with Crippen LogP contribution in [0.5, 0.6) is 0 Å². The van der Waals surface area contributed by atoms with Crippen molar-refractivity contribution in [2.45, 2.75) is 13.1 Å². The van der Waals surface area contributed by atoms with Gasteiger partial charge in [-0.25, -0.2) is 0 Å². The standard InChI is InChI=1S/C16H21N5O2.HI/c1-17-16(20(3)12-15-8-5-9-19(15)2)18-11-13-6-4-7-14(10-13)21(22)23;/h4-10H,11-12H2,1-3H3,(H,17,18);1H. The Kier molecular flexibility index (Phi) is 7.69. The number of nitro groups is 1. The van der Waals surface area contributed by atoms with E-state index in [1.54, 1.807) is 19.2 Å². The van der Waals surface area contributed by atoms with Gasteiger partial charge in [-0.05, 0) is 17.7 Å². The summed E-state index contributed by atoms with van der Waals surface area (Å²) in [7, 11) is 5.68. The van der Waals surface area contributed by atoms with Gasteiger partial charge in [0.15, 0.2) is 5.96 Å². The Morgan fingerprint density at radius 3 is 2.71 bits per heavy atom. The van der Waals surface area contributed by atoms with E-state index in [1.165, 1.54) is 11.8 Å². The second-order valence-electron chi connectivity index (χ2n) is 5.29. The van der Waals surface area contributed by atoms with Crippen molar-refractivity contribution in [2.75, 3.05) is 14.1 Å². The molecule has 24 heavy (non-hydrogen) atoms. The molecule has 0 bridgehead atoms. The maximum Gasteiger partial charge on any atom is 0.269 e. The maximum absolute atomic E-state index is 10.8. The molecule has 8 heteroatoms. The molecule has 1 heterocycles. The number of nitrogens with one attached hydrogen (secondary N) is 1. The van der Waals surface area contributed by atoms with Crippen LogP contribution in [0.1, 0.15) is 11.3 Å². The minimum Gasteiger partial charge on any atom is -0.353 e. The summed E-state index contributed by atoms with van der Waals surface area (Å²) in [6.07, 6.45) is 2.00. The number of hydrogen-bond acceptors (Lipinski definition) is 3. The molecule has 0 spiro atoms. The van der Waals surface area contributed by atoms with E-state index < -0.39 is 0 Å². The topological polar surface area (TPSA) is 75.7 Å². The van der Waals surface area contributed by atoms with Crippen LogP contribution < -0.4 is 5.32 Å². The first kappa shape index (κ1) is 19.9. The normalized spacial score (nSPS) is 10.9. The molecule has 2 rings (SSSR count). The SMILES string of the molecule is CN=C(NCc1cccc([N+](=O)[O-])c1)N(C)Cc1cccn1C.I. The molecule has 0 amide bonds. The van der Waals surface area contributed by atoms with Crippen LogP contribution in [0.2, 0.25) is 0 Å². The van der Waals surface area contributed by atoms with Crippen molar-refractivity contribution in [1.29, 1.82) is 0 Å². The van der Waals surface area contributed by atoms with E-state index in [-0.39, 0.29) is 34.6 Å². The fourth-order valence-corrected chi connectivity index (χ4v) is 2.32. The van der Waals surface area contributed by atoms with Gasteiger partial charge in [0.25, 0.3) is 5.69 Å². The quantitative estimate of drug-likeness (QED) is 0.254. The predicted molar refractivity (Wildman–Crippen MR) is 106 cm³/mol. The Morgan fingerprint density at radius 2 is 2.12 bits per heavy atom. The number of rotatable bonds is 5. The number of aromatic nitrogens is 1. The van der Waals surface area contributed by atoms with Crippen molar-refractivity contribution >= 4 is 35.6 Å². The largest absolute Gasteiger partial charge is 0.353 e. The van der Waals surface area contributed by atoms with Crippen LogP contribution in [0.3, 0.4) is 0 Å². The first-order valence-corrected chi connectivity index (χ1v) is 7.26. The number of nitro benzene ring substituents is 1. The third-order valence-electron chi connectivity index (χ3n) is 3.60. The molecule has 0 aliphatic carbocycles. The van der Waals surface area contributed by atoms with Gasteiger partial charge in [-0.2, -0.15) is 0 Å². The molecule has 0 unspecified atom stereocenters. The summed E-state index contributed by atoms with van der Waals surface area (Å²) in [6, 6.07) is 10.7. The zero-order chi connectivity index (χ0) is 16.8. The molecule has 2 aromatic rings. The fourth-order valence-electron chi connectivity index (χ4n) is 2.32. The lowest BCUT2D eigenvalue weighted by atomic mass is 10.2. The number of aryl methyl sites for hydroxylation is 1. The lowest BCUT2D eigenvalue weighted by molar-refractivity contribution is -0.384. The van der Waals surface area contributed by atoms with Gasteiger partial charge < -0.3 is 14.8 Å². The predicted octanol–water partition coefficient (Wildman–Crippen LogP) is 2.76. The number of nitrogens with zero attached hydrogens (tertiary/aromatic N) is 4. The third-order valence-corrected chi connectivity index (χ3v) is 3.60. The van der Waals surface area contributed by atoms with E-state index in [1.807, 2.05) is 37.3 Å². The van der Waals surface area contributed by atoms with Crippen LogP contribution in [-0.4, -0.2) is 34.4 Å². The molecule has 1 aromatic heterocycles. The van der Waals surface area contributed by atoms with E-state index in [9.17, 15) is 10.1 Å². The van der Waals surface area contributed by atoms with Gasteiger partial charge in [-0.3, -0.25) is 15.1 Å². The average molecular weight is 443 g/mol. The van der Waals surface area contributed by atoms with Gasteiger partial charge in [-0.1, -0.05) is 12.1 Å². The summed E-state index contributed by atoms with van der Waals surface area (Å²) in [5, 5.41) is 14.0. The first-order chi connectivity index (χ1) is 11.0. The number of aliphatic imine (C=N–C) groups is 1. The van der Waals surface area contributed by atoms with Crippen molar-refractivity contribution in [2.24, 2.45) is 12.0 Å². The fraction of sp³-hybridized carbons (Fsp3) is 0.312. The molecular weight excluding hydrogens is 421 g/mol. The second kappa shape index (κ2) is 9.26. The molecule has 0 fully saturated rings. The Balaban J connectivity index is 0.00000288. The van der Waals surface area contributed by atoms with Gasteiger partial charge in [-0.15, -0.1) is 24.0 Å². The molecule has 130 valence electrons. The molecule has 0 saturated carbocycles. The van der Waals surface area contributed by atoms with Crippen molar-refractivity contribution in [1.82, 2.24) is 14.8 Å². The van der Waals surface area contributed by atoms with Crippen LogP contribution in [0.25, 0.3) is 0 Å². The molecule has 0 atom stereocenters. The van der Waals surface area contributed by atoms with Crippen molar-refractivity contribution in [3.8, 4) is 0 Å². The Labute approximate surface area is 158 Å². The number of non-ortho nitro benzene ring substituents is 1. The van der Waals surface area contributed by atoms with Gasteiger partial charge in [0.1, 0.15) is 0 Å². The highest BCUT2D eigenvalue weighted by molar-refractivity contribution is 14.0. The van der Waals surface area contributed by atoms with E-state index in [2.05, 4.69) is 20.9 Å². The van der Waals surface area contributed by atoms with Crippen molar-refractivity contribution < 1.29 is 4.92 Å². The minimum atomic E-state index is -0.389. The second-order valence-corrected chi connectivity index (χ2v) is 5.29.